The Kier molecular flexibility index (Phi) is 9.08. The highest BCUT2D eigenvalue weighted by Gasteiger charge is 2.24. The minimum atomic E-state index is -0.676. The maximum Gasteiger partial charge on any atom is 0.319 e. The van der Waals surface area contributed by atoms with Gasteiger partial charge in [-0.2, -0.15) is 0 Å². The maximum absolute atomic E-state index is 14.7. The number of rotatable bonds is 8. The average Bonchev–Trinajstić information content (AvgIpc) is 3.42. The number of nitrogens with one attached hydrogen (secondary N) is 2. The highest BCUT2D eigenvalue weighted by molar-refractivity contribution is 7.09. The highest BCUT2D eigenvalue weighted by atomic mass is 32.1. The molecule has 0 bridgehead atoms. The van der Waals surface area contributed by atoms with Crippen molar-refractivity contribution in [3.05, 3.63) is 81.6 Å². The van der Waals surface area contributed by atoms with Crippen LogP contribution in [0.15, 0.2) is 54.0 Å². The second-order valence-electron chi connectivity index (χ2n) is 10.9. The number of nitrogens with zero attached hydrogens (tertiary/aromatic N) is 3. The van der Waals surface area contributed by atoms with Gasteiger partial charge in [0.1, 0.15) is 10.8 Å². The van der Waals surface area contributed by atoms with Gasteiger partial charge in [0.25, 0.3) is 5.91 Å². The zero-order valence-electron chi connectivity index (χ0n) is 22.5. The van der Waals surface area contributed by atoms with Crippen LogP contribution in [0.5, 0.6) is 0 Å². The molecule has 10 heteroatoms. The number of urea groups is 1. The largest absolute Gasteiger partial charge is 0.336 e. The molecule has 3 aromatic rings. The minimum Gasteiger partial charge on any atom is -0.336 e. The summed E-state index contributed by atoms with van der Waals surface area (Å²) in [4.78, 5) is 45.8. The standard InChI is InChI=1S/C29H34FN5O3S/c1-29(2,3)17-25(36)21-6-4-5-20(15-21)19-34-10-12-35(13-11-34)27(37)22-7-8-24(23(30)16-22)33-28(38)32-18-26-31-9-14-39-26/h4-9,14-16H,10-13,17-19H2,1-3H3,(H2,32,33,38). The number of amides is 3. The van der Waals surface area contributed by atoms with Gasteiger partial charge in [-0.1, -0.05) is 39.0 Å². The van der Waals surface area contributed by atoms with Crippen LogP contribution in [-0.2, 0) is 13.1 Å². The third-order valence-electron chi connectivity index (χ3n) is 6.35. The van der Waals surface area contributed by atoms with Gasteiger partial charge in [0.2, 0.25) is 0 Å². The van der Waals surface area contributed by atoms with Crippen molar-refractivity contribution in [1.82, 2.24) is 20.1 Å². The van der Waals surface area contributed by atoms with Crippen LogP contribution in [0.25, 0.3) is 0 Å². The first-order valence-electron chi connectivity index (χ1n) is 12.9. The fraction of sp³-hybridized carbons (Fsp3) is 0.379. The minimum absolute atomic E-state index is 0.00350. The lowest BCUT2D eigenvalue weighted by Gasteiger charge is -2.35. The average molecular weight is 552 g/mol. The van der Waals surface area contributed by atoms with E-state index in [-0.39, 0.29) is 34.9 Å². The van der Waals surface area contributed by atoms with E-state index < -0.39 is 11.8 Å². The summed E-state index contributed by atoms with van der Waals surface area (Å²) < 4.78 is 14.7. The molecule has 0 atom stereocenters. The van der Waals surface area contributed by atoms with E-state index in [2.05, 4.69) is 41.3 Å². The van der Waals surface area contributed by atoms with Crippen molar-refractivity contribution in [2.75, 3.05) is 31.5 Å². The monoisotopic (exact) mass is 551 g/mol. The van der Waals surface area contributed by atoms with Crippen molar-refractivity contribution < 1.29 is 18.8 Å². The molecule has 0 saturated carbocycles. The van der Waals surface area contributed by atoms with Crippen LogP contribution < -0.4 is 10.6 Å². The summed E-state index contributed by atoms with van der Waals surface area (Å²) in [5, 5.41) is 7.64. The molecule has 0 spiro atoms. The predicted molar refractivity (Wildman–Crippen MR) is 150 cm³/mol. The zero-order chi connectivity index (χ0) is 28.0. The molecule has 1 fully saturated rings. The molecule has 0 unspecified atom stereocenters. The first-order valence-corrected chi connectivity index (χ1v) is 13.8. The van der Waals surface area contributed by atoms with Crippen LogP contribution in [0.1, 0.15) is 58.5 Å². The Morgan fingerprint density at radius 2 is 1.79 bits per heavy atom. The molecule has 2 N–H and O–H groups in total. The van der Waals surface area contributed by atoms with Crippen molar-refractivity contribution in [1.29, 1.82) is 0 Å². The first-order chi connectivity index (χ1) is 18.6. The van der Waals surface area contributed by atoms with E-state index in [1.54, 1.807) is 16.5 Å². The second kappa shape index (κ2) is 12.5. The summed E-state index contributed by atoms with van der Waals surface area (Å²) in [7, 11) is 0. The topological polar surface area (TPSA) is 94.6 Å². The predicted octanol–water partition coefficient (Wildman–Crippen LogP) is 5.18. The fourth-order valence-corrected chi connectivity index (χ4v) is 4.94. The number of anilines is 1. The lowest BCUT2D eigenvalue weighted by molar-refractivity contribution is 0.0627. The van der Waals surface area contributed by atoms with E-state index >= 15 is 0 Å². The number of thiazole rings is 1. The van der Waals surface area contributed by atoms with Crippen molar-refractivity contribution in [2.24, 2.45) is 5.41 Å². The first kappa shape index (κ1) is 28.4. The van der Waals surface area contributed by atoms with Crippen LogP contribution >= 0.6 is 11.3 Å². The van der Waals surface area contributed by atoms with E-state index in [1.807, 2.05) is 24.3 Å². The van der Waals surface area contributed by atoms with Gasteiger partial charge < -0.3 is 15.5 Å². The smallest absolute Gasteiger partial charge is 0.319 e. The van der Waals surface area contributed by atoms with Gasteiger partial charge >= 0.3 is 6.03 Å². The lowest BCUT2D eigenvalue weighted by Crippen LogP contribution is -2.48. The Morgan fingerprint density at radius 3 is 2.46 bits per heavy atom. The molecule has 39 heavy (non-hydrogen) atoms. The normalized spacial score (nSPS) is 14.2. The van der Waals surface area contributed by atoms with Crippen LogP contribution in [-0.4, -0.2) is 58.7 Å². The van der Waals surface area contributed by atoms with Crippen LogP contribution in [0.3, 0.4) is 0 Å². The van der Waals surface area contributed by atoms with Crippen molar-refractivity contribution in [2.45, 2.75) is 40.3 Å². The molecule has 1 aromatic heterocycles. The third-order valence-corrected chi connectivity index (χ3v) is 7.13. The number of hydrogen-bond donors (Lipinski definition) is 2. The van der Waals surface area contributed by atoms with Gasteiger partial charge in [0.05, 0.1) is 12.2 Å². The molecule has 0 aliphatic carbocycles. The quantitative estimate of drug-likeness (QED) is 0.376. The number of aromatic nitrogens is 1. The van der Waals surface area contributed by atoms with E-state index in [4.69, 9.17) is 0 Å². The van der Waals surface area contributed by atoms with Gasteiger partial charge in [0, 0.05) is 61.8 Å². The maximum atomic E-state index is 14.7. The van der Waals surface area contributed by atoms with Crippen molar-refractivity contribution >= 4 is 34.7 Å². The summed E-state index contributed by atoms with van der Waals surface area (Å²) in [5.41, 5.74) is 1.96. The van der Waals surface area contributed by atoms with Crippen LogP contribution in [0.2, 0.25) is 0 Å². The molecule has 4 rings (SSSR count). The summed E-state index contributed by atoms with van der Waals surface area (Å²) in [5.74, 6) is -0.780. The van der Waals surface area contributed by atoms with Crippen LogP contribution in [0, 0.1) is 11.2 Å². The molecular formula is C29H34FN5O3S. The number of benzene rings is 2. The highest BCUT2D eigenvalue weighted by Crippen LogP contribution is 2.23. The van der Waals surface area contributed by atoms with Gasteiger partial charge in [-0.15, -0.1) is 11.3 Å². The summed E-state index contributed by atoms with van der Waals surface area (Å²) >= 11 is 1.41. The Bertz CT molecular complexity index is 1310. The number of hydrogen-bond acceptors (Lipinski definition) is 6. The molecule has 1 saturated heterocycles. The Morgan fingerprint density at radius 1 is 1.03 bits per heavy atom. The van der Waals surface area contributed by atoms with Crippen molar-refractivity contribution in [3.8, 4) is 0 Å². The molecule has 8 nitrogen and oxygen atoms in total. The SMILES string of the molecule is CC(C)(C)CC(=O)c1cccc(CN2CCN(C(=O)c3ccc(NC(=O)NCc4nccs4)c(F)c3)CC2)c1. The molecule has 206 valence electrons. The number of halogens is 1. The van der Waals surface area contributed by atoms with E-state index in [0.29, 0.717) is 39.1 Å². The summed E-state index contributed by atoms with van der Waals surface area (Å²) in [6.45, 7) is 9.48. The lowest BCUT2D eigenvalue weighted by atomic mass is 9.87. The molecule has 0 radical (unpaired) electrons. The van der Waals surface area contributed by atoms with E-state index in [9.17, 15) is 18.8 Å². The van der Waals surface area contributed by atoms with Gasteiger partial charge in [0.15, 0.2) is 5.78 Å². The van der Waals surface area contributed by atoms with E-state index in [1.165, 1.54) is 23.5 Å². The Labute approximate surface area is 232 Å². The number of carbonyl (C=O) groups excluding carboxylic acids is 3. The fourth-order valence-electron chi connectivity index (χ4n) is 4.39. The van der Waals surface area contributed by atoms with Crippen LogP contribution in [0.4, 0.5) is 14.9 Å². The Balaban J connectivity index is 1.27. The number of carbonyl (C=O) groups is 3. The summed E-state index contributed by atoms with van der Waals surface area (Å²) in [6.07, 6.45) is 2.14. The number of piperazine rings is 1. The molecular weight excluding hydrogens is 517 g/mol. The molecule has 2 aromatic carbocycles. The summed E-state index contributed by atoms with van der Waals surface area (Å²) in [6, 6.07) is 11.3. The number of Topliss-reactive ketones (excluding diaryl/α,β-unsaturated/α-hetero) is 1. The van der Waals surface area contributed by atoms with Gasteiger partial charge in [-0.05, 0) is 35.2 Å². The van der Waals surface area contributed by atoms with Gasteiger partial charge in [-0.3, -0.25) is 14.5 Å². The molecule has 1 aliphatic rings. The van der Waals surface area contributed by atoms with E-state index in [0.717, 1.165) is 22.2 Å². The number of ketones is 1. The Hall–Kier alpha value is -3.63. The van der Waals surface area contributed by atoms with Crippen molar-refractivity contribution in [3.63, 3.8) is 0 Å². The molecule has 2 heterocycles. The third kappa shape index (κ3) is 8.18. The zero-order valence-corrected chi connectivity index (χ0v) is 23.3. The second-order valence-corrected chi connectivity index (χ2v) is 11.8. The van der Waals surface area contributed by atoms with Gasteiger partial charge in [-0.25, -0.2) is 14.2 Å². The molecule has 1 aliphatic heterocycles. The molecule has 3 amide bonds.